The van der Waals surface area contributed by atoms with E-state index in [0.717, 1.165) is 11.5 Å². The van der Waals surface area contributed by atoms with Gasteiger partial charge in [-0.15, -0.1) is 0 Å². The topological polar surface area (TPSA) is 95.8 Å². The molecular formula is C9H16N6. The average molecular weight is 208 g/mol. The first-order valence-corrected chi connectivity index (χ1v) is 4.50. The van der Waals surface area contributed by atoms with Crippen LogP contribution in [0.5, 0.6) is 0 Å². The highest BCUT2D eigenvalue weighted by atomic mass is 15.3. The Labute approximate surface area is 88.7 Å². The summed E-state index contributed by atoms with van der Waals surface area (Å²) in [6.07, 6.45) is 0. The van der Waals surface area contributed by atoms with Crippen molar-refractivity contribution in [2.45, 2.75) is 6.92 Å². The molecule has 0 fully saturated rings. The first-order valence-electron chi connectivity index (χ1n) is 4.50. The van der Waals surface area contributed by atoms with Gasteiger partial charge in [-0.05, 0) is 19.1 Å². The number of nitrogens with two attached hydrogens (primary N) is 2. The SMILES string of the molecule is CN=C(N)N=C(N)N(C)c1ccc(C)[nH]1. The molecule has 0 radical (unpaired) electrons. The number of nitrogens with zero attached hydrogens (tertiary/aromatic N) is 3. The third kappa shape index (κ3) is 2.73. The van der Waals surface area contributed by atoms with Crippen LogP contribution in [-0.2, 0) is 0 Å². The van der Waals surface area contributed by atoms with Gasteiger partial charge in [-0.25, -0.2) is 0 Å². The van der Waals surface area contributed by atoms with Crippen molar-refractivity contribution >= 4 is 17.7 Å². The van der Waals surface area contributed by atoms with E-state index in [1.807, 2.05) is 19.1 Å². The van der Waals surface area contributed by atoms with Gasteiger partial charge >= 0.3 is 0 Å². The molecule has 0 atom stereocenters. The van der Waals surface area contributed by atoms with Crippen molar-refractivity contribution in [1.29, 1.82) is 0 Å². The van der Waals surface area contributed by atoms with Gasteiger partial charge < -0.3 is 21.4 Å². The van der Waals surface area contributed by atoms with E-state index in [1.54, 1.807) is 19.0 Å². The number of aromatic amines is 1. The second-order valence-corrected chi connectivity index (χ2v) is 3.14. The van der Waals surface area contributed by atoms with Crippen LogP contribution in [0.25, 0.3) is 0 Å². The van der Waals surface area contributed by atoms with Crippen LogP contribution in [0.3, 0.4) is 0 Å². The Morgan fingerprint density at radius 3 is 2.53 bits per heavy atom. The number of H-pyrrole nitrogens is 1. The van der Waals surface area contributed by atoms with Gasteiger partial charge in [-0.1, -0.05) is 0 Å². The van der Waals surface area contributed by atoms with Crippen LogP contribution in [0.1, 0.15) is 5.69 Å². The summed E-state index contributed by atoms with van der Waals surface area (Å²) in [6, 6.07) is 3.87. The van der Waals surface area contributed by atoms with Crippen molar-refractivity contribution in [1.82, 2.24) is 4.98 Å². The predicted molar refractivity (Wildman–Crippen MR) is 63.1 cm³/mol. The number of hydrogen-bond acceptors (Lipinski definition) is 1. The van der Waals surface area contributed by atoms with E-state index in [-0.39, 0.29) is 5.96 Å². The molecule has 15 heavy (non-hydrogen) atoms. The van der Waals surface area contributed by atoms with Crippen molar-refractivity contribution in [2.75, 3.05) is 19.0 Å². The van der Waals surface area contributed by atoms with E-state index in [1.165, 1.54) is 0 Å². The lowest BCUT2D eigenvalue weighted by atomic mass is 10.5. The van der Waals surface area contributed by atoms with Gasteiger partial charge in [0.15, 0.2) is 0 Å². The molecule has 0 aromatic carbocycles. The molecule has 0 unspecified atom stereocenters. The molecule has 5 N–H and O–H groups in total. The highest BCUT2D eigenvalue weighted by Gasteiger charge is 2.06. The number of hydrogen-bond donors (Lipinski definition) is 3. The third-order valence-corrected chi connectivity index (χ3v) is 1.98. The third-order valence-electron chi connectivity index (χ3n) is 1.98. The van der Waals surface area contributed by atoms with Crippen LogP contribution < -0.4 is 16.4 Å². The smallest absolute Gasteiger partial charge is 0.218 e. The lowest BCUT2D eigenvalue weighted by Gasteiger charge is -2.15. The maximum absolute atomic E-state index is 5.73. The van der Waals surface area contributed by atoms with E-state index in [2.05, 4.69) is 15.0 Å². The van der Waals surface area contributed by atoms with Gasteiger partial charge in [0, 0.05) is 19.8 Å². The predicted octanol–water partition coefficient (Wildman–Crippen LogP) is 0.0185. The number of rotatable bonds is 1. The van der Waals surface area contributed by atoms with Crippen LogP contribution in [-0.4, -0.2) is 31.0 Å². The van der Waals surface area contributed by atoms with Gasteiger partial charge in [0.25, 0.3) is 0 Å². The highest BCUT2D eigenvalue weighted by molar-refractivity contribution is 6.01. The zero-order valence-corrected chi connectivity index (χ0v) is 9.15. The quantitative estimate of drug-likeness (QED) is 0.448. The summed E-state index contributed by atoms with van der Waals surface area (Å²) in [5, 5.41) is 0. The summed E-state index contributed by atoms with van der Waals surface area (Å²) in [7, 11) is 3.36. The van der Waals surface area contributed by atoms with Crippen LogP contribution in [0.4, 0.5) is 5.82 Å². The normalized spacial score (nSPS) is 13.0. The molecule has 0 aliphatic carbocycles. The van der Waals surface area contributed by atoms with Crippen LogP contribution >= 0.6 is 0 Å². The van der Waals surface area contributed by atoms with Crippen molar-refractivity contribution in [3.63, 3.8) is 0 Å². The Bertz CT molecular complexity index is 389. The minimum Gasteiger partial charge on any atom is -0.369 e. The molecule has 0 saturated carbocycles. The molecule has 82 valence electrons. The second kappa shape index (κ2) is 4.50. The molecule has 0 bridgehead atoms. The zero-order valence-electron chi connectivity index (χ0n) is 9.15. The standard InChI is InChI=1S/C9H16N6/c1-6-4-5-7(13-6)15(3)9(11)14-8(10)12-2/h4-5,13H,1-3H3,(H4,10,11,12,14). The summed E-state index contributed by atoms with van der Waals surface area (Å²) in [4.78, 5) is 12.4. The molecule has 0 aliphatic heterocycles. The summed E-state index contributed by atoms with van der Waals surface area (Å²) < 4.78 is 0. The first kappa shape index (κ1) is 11.1. The van der Waals surface area contributed by atoms with E-state index in [9.17, 15) is 0 Å². The summed E-state index contributed by atoms with van der Waals surface area (Å²) >= 11 is 0. The van der Waals surface area contributed by atoms with Gasteiger partial charge in [0.2, 0.25) is 11.9 Å². The molecule has 0 spiro atoms. The Morgan fingerprint density at radius 2 is 2.07 bits per heavy atom. The second-order valence-electron chi connectivity index (χ2n) is 3.14. The largest absolute Gasteiger partial charge is 0.369 e. The molecule has 6 heteroatoms. The molecule has 1 aromatic heterocycles. The Balaban J connectivity index is 2.85. The fraction of sp³-hybridized carbons (Fsp3) is 0.333. The van der Waals surface area contributed by atoms with E-state index in [0.29, 0.717) is 5.96 Å². The van der Waals surface area contributed by atoms with E-state index >= 15 is 0 Å². The number of anilines is 1. The van der Waals surface area contributed by atoms with Gasteiger partial charge in [0.1, 0.15) is 5.82 Å². The van der Waals surface area contributed by atoms with Crippen molar-refractivity contribution in [2.24, 2.45) is 21.5 Å². The fourth-order valence-electron chi connectivity index (χ4n) is 1.05. The van der Waals surface area contributed by atoms with Gasteiger partial charge in [0.05, 0.1) is 0 Å². The van der Waals surface area contributed by atoms with E-state index in [4.69, 9.17) is 11.5 Å². The van der Waals surface area contributed by atoms with Gasteiger partial charge in [-0.3, -0.25) is 4.99 Å². The molecule has 0 aliphatic rings. The Morgan fingerprint density at radius 1 is 1.40 bits per heavy atom. The molecule has 0 amide bonds. The minimum absolute atomic E-state index is 0.155. The van der Waals surface area contributed by atoms with Crippen molar-refractivity contribution in [3.05, 3.63) is 17.8 Å². The van der Waals surface area contributed by atoms with Crippen LogP contribution in [0.2, 0.25) is 0 Å². The molecule has 6 nitrogen and oxygen atoms in total. The summed E-state index contributed by atoms with van der Waals surface area (Å²) in [5.74, 6) is 1.31. The molecular weight excluding hydrogens is 192 g/mol. The summed E-state index contributed by atoms with van der Waals surface area (Å²) in [6.45, 7) is 1.96. The van der Waals surface area contributed by atoms with Gasteiger partial charge in [-0.2, -0.15) is 4.99 Å². The molecule has 1 aromatic rings. The fourth-order valence-corrected chi connectivity index (χ4v) is 1.05. The Hall–Kier alpha value is -1.98. The monoisotopic (exact) mass is 208 g/mol. The number of nitrogens with one attached hydrogen (secondary N) is 1. The molecule has 0 saturated heterocycles. The number of aromatic nitrogens is 1. The lowest BCUT2D eigenvalue weighted by Crippen LogP contribution is -2.35. The highest BCUT2D eigenvalue weighted by Crippen LogP contribution is 2.10. The maximum Gasteiger partial charge on any atom is 0.218 e. The minimum atomic E-state index is 0.155. The molecule has 1 rings (SSSR count). The lowest BCUT2D eigenvalue weighted by molar-refractivity contribution is 1.14. The van der Waals surface area contributed by atoms with Crippen molar-refractivity contribution in [3.8, 4) is 0 Å². The summed E-state index contributed by atoms with van der Waals surface area (Å²) in [5.41, 5.74) is 12.2. The van der Waals surface area contributed by atoms with E-state index < -0.39 is 0 Å². The zero-order chi connectivity index (χ0) is 11.4. The van der Waals surface area contributed by atoms with Crippen molar-refractivity contribution < 1.29 is 0 Å². The Kier molecular flexibility index (Phi) is 3.33. The number of aryl methyl sites for hydroxylation is 1. The number of aliphatic imine (C=N–C) groups is 2. The first-order chi connectivity index (χ1) is 7.04. The average Bonchev–Trinajstić information content (AvgIpc) is 2.63. The molecule has 1 heterocycles. The van der Waals surface area contributed by atoms with Crippen LogP contribution in [0, 0.1) is 6.92 Å². The maximum atomic E-state index is 5.73. The number of guanidine groups is 2. The van der Waals surface area contributed by atoms with Crippen LogP contribution in [0.15, 0.2) is 22.1 Å².